The summed E-state index contributed by atoms with van der Waals surface area (Å²) < 4.78 is 30.0. The monoisotopic (exact) mass is 548 g/mol. The number of rotatable bonds is 10. The van der Waals surface area contributed by atoms with Crippen LogP contribution in [0, 0.1) is 0 Å². The molecule has 0 aromatic carbocycles. The topological polar surface area (TPSA) is 127 Å². The molecule has 5 rings (SSSR count). The van der Waals surface area contributed by atoms with Gasteiger partial charge in [-0.15, -0.1) is 0 Å². The summed E-state index contributed by atoms with van der Waals surface area (Å²) in [5.74, 6) is 1.42. The van der Waals surface area contributed by atoms with E-state index in [0.717, 1.165) is 72.4 Å². The Labute approximate surface area is 222 Å². The zero-order valence-electron chi connectivity index (χ0n) is 21.5. The minimum atomic E-state index is -2.98. The number of ether oxygens (including phenoxy) is 1. The van der Waals surface area contributed by atoms with E-state index in [4.69, 9.17) is 19.7 Å². The number of anilines is 3. The normalized spacial score (nSPS) is 21.4. The fraction of sp³-hybridized carbons (Fsp3) is 0.667. The Morgan fingerprint density at radius 3 is 2.65 bits per heavy atom. The maximum absolute atomic E-state index is 11.4. The van der Waals surface area contributed by atoms with E-state index < -0.39 is 9.84 Å². The van der Waals surface area contributed by atoms with E-state index in [2.05, 4.69) is 27.6 Å². The fourth-order valence-corrected chi connectivity index (χ4v) is 6.59. The van der Waals surface area contributed by atoms with Crippen molar-refractivity contribution < 1.29 is 13.2 Å². The first-order chi connectivity index (χ1) is 17.9. The summed E-state index contributed by atoms with van der Waals surface area (Å²) in [6, 6.07) is 0.997. The van der Waals surface area contributed by atoms with E-state index in [-0.39, 0.29) is 5.75 Å². The molecule has 1 saturated carbocycles. The highest BCUT2D eigenvalue weighted by Gasteiger charge is 2.28. The van der Waals surface area contributed by atoms with Gasteiger partial charge in [-0.25, -0.2) is 13.4 Å². The van der Waals surface area contributed by atoms with Gasteiger partial charge in [0.05, 0.1) is 35.9 Å². The number of hydrogen-bond donors (Lipinski definition) is 2. The molecule has 4 heterocycles. The van der Waals surface area contributed by atoms with Gasteiger partial charge < -0.3 is 15.4 Å². The van der Waals surface area contributed by atoms with Crippen molar-refractivity contribution >= 4 is 49.0 Å². The van der Waals surface area contributed by atoms with E-state index >= 15 is 0 Å². The number of nitrogens with one attached hydrogen (secondary N) is 2. The van der Waals surface area contributed by atoms with Gasteiger partial charge in [0.25, 0.3) is 0 Å². The molecule has 2 fully saturated rings. The van der Waals surface area contributed by atoms with Crippen molar-refractivity contribution in [2.24, 2.45) is 0 Å². The third-order valence-electron chi connectivity index (χ3n) is 7.00. The van der Waals surface area contributed by atoms with Gasteiger partial charge in [0.15, 0.2) is 10.6 Å². The zero-order chi connectivity index (χ0) is 25.8. The lowest BCUT2D eigenvalue weighted by molar-refractivity contribution is 0.00791. The third-order valence-corrected chi connectivity index (χ3v) is 9.12. The molecule has 0 bridgehead atoms. The predicted octanol–water partition coefficient (Wildman–Crippen LogP) is 3.08. The minimum absolute atomic E-state index is 0.143. The number of morpholine rings is 1. The van der Waals surface area contributed by atoms with Crippen LogP contribution in [0.1, 0.15) is 44.0 Å². The maximum Gasteiger partial charge on any atom is 0.230 e. The first kappa shape index (κ1) is 26.3. The van der Waals surface area contributed by atoms with Crippen LogP contribution in [0.5, 0.6) is 0 Å². The highest BCUT2D eigenvalue weighted by atomic mass is 32.2. The van der Waals surface area contributed by atoms with Crippen LogP contribution >= 0.6 is 11.3 Å². The summed E-state index contributed by atoms with van der Waals surface area (Å²) in [6.07, 6.45) is 10.7. The molecular weight excluding hydrogens is 512 g/mol. The Kier molecular flexibility index (Phi) is 8.22. The summed E-state index contributed by atoms with van der Waals surface area (Å²) in [7, 11) is -2.98. The Balaban J connectivity index is 1.26. The van der Waals surface area contributed by atoms with Gasteiger partial charge in [-0.05, 0) is 38.5 Å². The molecule has 13 heteroatoms. The second kappa shape index (κ2) is 11.6. The average Bonchev–Trinajstić information content (AvgIpc) is 3.51. The van der Waals surface area contributed by atoms with E-state index in [1.165, 1.54) is 19.1 Å². The van der Waals surface area contributed by atoms with E-state index in [9.17, 15) is 8.42 Å². The van der Waals surface area contributed by atoms with Crippen molar-refractivity contribution in [3.63, 3.8) is 0 Å². The Morgan fingerprint density at radius 2 is 1.92 bits per heavy atom. The summed E-state index contributed by atoms with van der Waals surface area (Å²) >= 11 is 1.60. The molecule has 3 aromatic heterocycles. The third kappa shape index (κ3) is 6.95. The van der Waals surface area contributed by atoms with Crippen LogP contribution in [0.25, 0.3) is 10.3 Å². The fourth-order valence-electron chi connectivity index (χ4n) is 5.06. The van der Waals surface area contributed by atoms with Crippen LogP contribution < -0.4 is 10.6 Å². The number of nitrogens with zero attached hydrogens (tertiary/aromatic N) is 6. The molecule has 1 aliphatic heterocycles. The first-order valence-electron chi connectivity index (χ1n) is 13.1. The standard InChI is InChI=1S/C24H36N8O3S2/c1-3-20-28-21-22(26-17-5-7-19(8-6-17)31-10-12-35-13-11-31)29-24(30-23(21)36-20)27-18-15-25-32(16-18)9-4-14-37(2,33)34/h15-17,19H,3-14H2,1-2H3,(H2,26,27,29,30). The Hall–Kier alpha value is -2.35. The van der Waals surface area contributed by atoms with E-state index in [1.54, 1.807) is 22.2 Å². The SMILES string of the molecule is CCc1nc2c(NC3CCC(N4CCOCC4)CC3)nc(Nc3cnn(CCCS(C)(=O)=O)c3)nc2s1. The van der Waals surface area contributed by atoms with Gasteiger partial charge >= 0.3 is 0 Å². The van der Waals surface area contributed by atoms with Crippen molar-refractivity contribution in [2.75, 3.05) is 48.9 Å². The highest BCUT2D eigenvalue weighted by Crippen LogP contribution is 2.31. The molecule has 0 spiro atoms. The number of hydrogen-bond acceptors (Lipinski definition) is 11. The molecule has 2 N–H and O–H groups in total. The van der Waals surface area contributed by atoms with Crippen LogP contribution in [0.4, 0.5) is 17.5 Å². The minimum Gasteiger partial charge on any atom is -0.379 e. The van der Waals surface area contributed by atoms with Gasteiger partial charge in [0.2, 0.25) is 5.95 Å². The molecule has 3 aromatic rings. The zero-order valence-corrected chi connectivity index (χ0v) is 23.2. The average molecular weight is 549 g/mol. The van der Waals surface area contributed by atoms with Crippen LogP contribution in [0.2, 0.25) is 0 Å². The predicted molar refractivity (Wildman–Crippen MR) is 146 cm³/mol. The molecule has 2 aliphatic rings. The molecule has 37 heavy (non-hydrogen) atoms. The second-order valence-corrected chi connectivity index (χ2v) is 13.2. The molecule has 11 nitrogen and oxygen atoms in total. The second-order valence-electron chi connectivity index (χ2n) is 9.91. The van der Waals surface area contributed by atoms with Crippen molar-refractivity contribution in [3.8, 4) is 0 Å². The molecule has 0 radical (unpaired) electrons. The van der Waals surface area contributed by atoms with Gasteiger partial charge in [0, 0.05) is 44.2 Å². The number of aromatic nitrogens is 5. The van der Waals surface area contributed by atoms with E-state index in [0.29, 0.717) is 31.0 Å². The first-order valence-corrected chi connectivity index (χ1v) is 16.0. The van der Waals surface area contributed by atoms with Crippen molar-refractivity contribution in [3.05, 3.63) is 17.4 Å². The Morgan fingerprint density at radius 1 is 1.14 bits per heavy atom. The molecule has 1 saturated heterocycles. The van der Waals surface area contributed by atoms with Crippen LogP contribution in [0.15, 0.2) is 12.4 Å². The highest BCUT2D eigenvalue weighted by molar-refractivity contribution is 7.90. The smallest absolute Gasteiger partial charge is 0.230 e. The summed E-state index contributed by atoms with van der Waals surface area (Å²) in [4.78, 5) is 17.8. The van der Waals surface area contributed by atoms with Gasteiger partial charge in [-0.1, -0.05) is 18.3 Å². The van der Waals surface area contributed by atoms with Crippen molar-refractivity contribution in [1.29, 1.82) is 0 Å². The number of fused-ring (bicyclic) bond motifs is 1. The van der Waals surface area contributed by atoms with Crippen molar-refractivity contribution in [2.45, 2.75) is 64.1 Å². The lowest BCUT2D eigenvalue weighted by Crippen LogP contribution is -2.46. The lowest BCUT2D eigenvalue weighted by atomic mass is 9.90. The lowest BCUT2D eigenvalue weighted by Gasteiger charge is -2.39. The Bertz CT molecular complexity index is 1290. The van der Waals surface area contributed by atoms with Crippen LogP contribution in [-0.4, -0.2) is 88.4 Å². The summed E-state index contributed by atoms with van der Waals surface area (Å²) in [6.45, 7) is 6.40. The number of sulfone groups is 1. The number of aryl methyl sites for hydroxylation is 2. The van der Waals surface area contributed by atoms with Gasteiger partial charge in [0.1, 0.15) is 15.4 Å². The largest absolute Gasteiger partial charge is 0.379 e. The van der Waals surface area contributed by atoms with E-state index in [1.807, 2.05) is 6.20 Å². The summed E-state index contributed by atoms with van der Waals surface area (Å²) in [5.41, 5.74) is 1.59. The van der Waals surface area contributed by atoms with Crippen LogP contribution in [0.3, 0.4) is 0 Å². The molecular formula is C24H36N8O3S2. The summed E-state index contributed by atoms with van der Waals surface area (Å²) in [5, 5.41) is 12.3. The van der Waals surface area contributed by atoms with Gasteiger partial charge in [-0.2, -0.15) is 15.1 Å². The molecule has 0 atom stereocenters. The molecule has 0 amide bonds. The maximum atomic E-state index is 11.4. The van der Waals surface area contributed by atoms with Crippen LogP contribution in [-0.2, 0) is 27.5 Å². The number of thiazole rings is 1. The molecule has 1 aliphatic carbocycles. The quantitative estimate of drug-likeness (QED) is 0.390. The van der Waals surface area contributed by atoms with Gasteiger partial charge in [-0.3, -0.25) is 9.58 Å². The van der Waals surface area contributed by atoms with Crippen molar-refractivity contribution in [1.82, 2.24) is 29.6 Å². The molecule has 202 valence electrons. The molecule has 0 unspecified atom stereocenters.